The molecule has 0 spiro atoms. The predicted molar refractivity (Wildman–Crippen MR) is 126 cm³/mol. The van der Waals surface area contributed by atoms with Gasteiger partial charge in [0.1, 0.15) is 0 Å². The van der Waals surface area contributed by atoms with Crippen LogP contribution in [0.1, 0.15) is 78.1 Å². The predicted octanol–water partition coefficient (Wildman–Crippen LogP) is 5.48. The van der Waals surface area contributed by atoms with Crippen LogP contribution < -0.4 is 0 Å². The fourth-order valence-corrected chi connectivity index (χ4v) is 6.82. The average Bonchev–Trinajstić information content (AvgIpc) is 3.46. The standard InChI is InChI=1S/C28H42O3/c1-18(6-11-23(29)15-20-7-8-20)25-12-13-26-21(5-4-14-28(25,26)3)9-10-22-16-24(30)17-27(31)19(22)2/h6,9-11,18,20,23-27,29-31H,2,4-5,7-8,12-17H2,1,3H3/t18-,23-,24-,25-,26+,27+,28-/m1/s1. The molecule has 0 aromatic rings. The van der Waals surface area contributed by atoms with Gasteiger partial charge in [-0.05, 0) is 85.2 Å². The van der Waals surface area contributed by atoms with Gasteiger partial charge in [0.05, 0.1) is 18.3 Å². The van der Waals surface area contributed by atoms with Gasteiger partial charge in [-0.15, -0.1) is 0 Å². The molecule has 3 heteroatoms. The highest BCUT2D eigenvalue weighted by atomic mass is 16.3. The Morgan fingerprint density at radius 1 is 1.13 bits per heavy atom. The highest BCUT2D eigenvalue weighted by Gasteiger charge is 2.50. The van der Waals surface area contributed by atoms with Gasteiger partial charge in [0, 0.05) is 6.42 Å². The Bertz CT molecular complexity index is 758. The van der Waals surface area contributed by atoms with E-state index in [9.17, 15) is 15.3 Å². The molecule has 3 nitrogen and oxygen atoms in total. The Hall–Kier alpha value is -1.16. The number of aliphatic hydroxyl groups is 3. The van der Waals surface area contributed by atoms with Gasteiger partial charge in [0.15, 0.2) is 0 Å². The lowest BCUT2D eigenvalue weighted by Gasteiger charge is -2.44. The van der Waals surface area contributed by atoms with Gasteiger partial charge < -0.3 is 15.3 Å². The molecule has 7 atom stereocenters. The molecule has 0 aromatic carbocycles. The van der Waals surface area contributed by atoms with Crippen molar-refractivity contribution >= 4 is 0 Å². The Kier molecular flexibility index (Phi) is 6.96. The van der Waals surface area contributed by atoms with E-state index in [4.69, 9.17) is 0 Å². The van der Waals surface area contributed by atoms with E-state index in [0.717, 1.165) is 29.9 Å². The zero-order valence-corrected chi connectivity index (χ0v) is 19.5. The Balaban J connectivity index is 1.45. The summed E-state index contributed by atoms with van der Waals surface area (Å²) in [7, 11) is 0. The summed E-state index contributed by atoms with van der Waals surface area (Å²) in [5.41, 5.74) is 3.63. The minimum absolute atomic E-state index is 0.275. The third kappa shape index (κ3) is 5.10. The molecular formula is C28H42O3. The van der Waals surface area contributed by atoms with Crippen LogP contribution in [0.5, 0.6) is 0 Å². The van der Waals surface area contributed by atoms with Crippen LogP contribution in [0.15, 0.2) is 47.6 Å². The summed E-state index contributed by atoms with van der Waals surface area (Å²) in [5.74, 6) is 2.52. The van der Waals surface area contributed by atoms with Crippen molar-refractivity contribution in [3.05, 3.63) is 47.6 Å². The summed E-state index contributed by atoms with van der Waals surface area (Å²) in [6, 6.07) is 0. The maximum atomic E-state index is 10.3. The number of hydrogen-bond donors (Lipinski definition) is 3. The first-order valence-electron chi connectivity index (χ1n) is 12.6. The lowest BCUT2D eigenvalue weighted by Crippen LogP contribution is -2.35. The van der Waals surface area contributed by atoms with Gasteiger partial charge in [-0.1, -0.05) is 63.1 Å². The van der Waals surface area contributed by atoms with Gasteiger partial charge in [0.2, 0.25) is 0 Å². The average molecular weight is 427 g/mol. The van der Waals surface area contributed by atoms with E-state index in [-0.39, 0.29) is 6.10 Å². The van der Waals surface area contributed by atoms with E-state index in [1.807, 2.05) is 0 Å². The van der Waals surface area contributed by atoms with Crippen molar-refractivity contribution in [2.45, 2.75) is 96.4 Å². The van der Waals surface area contributed by atoms with Gasteiger partial charge in [-0.3, -0.25) is 0 Å². The molecule has 0 heterocycles. The van der Waals surface area contributed by atoms with Crippen LogP contribution in [0.3, 0.4) is 0 Å². The molecule has 4 rings (SSSR count). The van der Waals surface area contributed by atoms with E-state index in [1.54, 1.807) is 0 Å². The van der Waals surface area contributed by atoms with E-state index in [0.29, 0.717) is 36.0 Å². The summed E-state index contributed by atoms with van der Waals surface area (Å²) in [5, 5.41) is 30.5. The summed E-state index contributed by atoms with van der Waals surface area (Å²) in [6.45, 7) is 8.89. The number of rotatable bonds is 6. The van der Waals surface area contributed by atoms with Crippen LogP contribution in [0.4, 0.5) is 0 Å². The zero-order chi connectivity index (χ0) is 22.2. The minimum Gasteiger partial charge on any atom is -0.393 e. The summed E-state index contributed by atoms with van der Waals surface area (Å²) >= 11 is 0. The van der Waals surface area contributed by atoms with Crippen LogP contribution in [-0.4, -0.2) is 33.6 Å². The topological polar surface area (TPSA) is 60.7 Å². The van der Waals surface area contributed by atoms with Crippen LogP contribution in [0.2, 0.25) is 0 Å². The molecule has 0 saturated heterocycles. The molecule has 4 aliphatic rings. The van der Waals surface area contributed by atoms with E-state index in [2.05, 4.69) is 44.7 Å². The van der Waals surface area contributed by atoms with Crippen molar-refractivity contribution in [1.29, 1.82) is 0 Å². The van der Waals surface area contributed by atoms with Crippen molar-refractivity contribution in [3.8, 4) is 0 Å². The first kappa shape index (κ1) is 23.0. The van der Waals surface area contributed by atoms with E-state index >= 15 is 0 Å². The Morgan fingerprint density at radius 2 is 1.90 bits per heavy atom. The lowest BCUT2D eigenvalue weighted by molar-refractivity contribution is 0.0862. The Labute approximate surface area is 188 Å². The van der Waals surface area contributed by atoms with Gasteiger partial charge >= 0.3 is 0 Å². The van der Waals surface area contributed by atoms with Crippen molar-refractivity contribution in [2.24, 2.45) is 29.1 Å². The molecule has 0 amide bonds. The fraction of sp³-hybridized carbons (Fsp3) is 0.714. The molecule has 0 bridgehead atoms. The maximum Gasteiger partial charge on any atom is 0.0811 e. The van der Waals surface area contributed by atoms with Crippen molar-refractivity contribution in [3.63, 3.8) is 0 Å². The molecule has 0 unspecified atom stereocenters. The first-order valence-corrected chi connectivity index (χ1v) is 12.6. The second-order valence-corrected chi connectivity index (χ2v) is 11.2. The number of fused-ring (bicyclic) bond motifs is 1. The highest BCUT2D eigenvalue weighted by molar-refractivity contribution is 5.38. The number of allylic oxidation sites excluding steroid dienone is 4. The normalized spacial score (nSPS) is 41.1. The summed E-state index contributed by atoms with van der Waals surface area (Å²) < 4.78 is 0. The molecule has 4 saturated carbocycles. The van der Waals surface area contributed by atoms with E-state index < -0.39 is 12.2 Å². The monoisotopic (exact) mass is 426 g/mol. The van der Waals surface area contributed by atoms with Crippen LogP contribution in [-0.2, 0) is 0 Å². The van der Waals surface area contributed by atoms with E-state index in [1.165, 1.54) is 44.1 Å². The van der Waals surface area contributed by atoms with Crippen LogP contribution in [0.25, 0.3) is 0 Å². The summed E-state index contributed by atoms with van der Waals surface area (Å²) in [4.78, 5) is 0. The lowest BCUT2D eigenvalue weighted by atomic mass is 9.61. The SMILES string of the molecule is C=C1C(=CC=C2CCC[C@]3(C)[C@@H]([C@H](C)C=C[C@@H](O)CC4CC4)CC[C@@H]23)C[C@@H](O)C[C@@H]1O. The molecule has 4 fully saturated rings. The second-order valence-electron chi connectivity index (χ2n) is 11.2. The molecule has 0 aromatic heterocycles. The van der Waals surface area contributed by atoms with Gasteiger partial charge in [-0.25, -0.2) is 0 Å². The van der Waals surface area contributed by atoms with Gasteiger partial charge in [-0.2, -0.15) is 0 Å². The van der Waals surface area contributed by atoms with Crippen molar-refractivity contribution < 1.29 is 15.3 Å². The largest absolute Gasteiger partial charge is 0.393 e. The molecule has 172 valence electrons. The second kappa shape index (κ2) is 9.37. The zero-order valence-electron chi connectivity index (χ0n) is 19.5. The third-order valence-electron chi connectivity index (χ3n) is 8.85. The smallest absolute Gasteiger partial charge is 0.0811 e. The molecule has 3 N–H and O–H groups in total. The molecule has 4 aliphatic carbocycles. The summed E-state index contributed by atoms with van der Waals surface area (Å²) in [6.07, 6.45) is 18.1. The number of aliphatic hydroxyl groups excluding tert-OH is 3. The van der Waals surface area contributed by atoms with Crippen LogP contribution in [0, 0.1) is 29.1 Å². The quantitative estimate of drug-likeness (QED) is 0.493. The van der Waals surface area contributed by atoms with Gasteiger partial charge in [0.25, 0.3) is 0 Å². The molecule has 0 aliphatic heterocycles. The highest BCUT2D eigenvalue weighted by Crippen LogP contribution is 2.59. The molecular weight excluding hydrogens is 384 g/mol. The third-order valence-corrected chi connectivity index (χ3v) is 8.85. The van der Waals surface area contributed by atoms with Crippen LogP contribution >= 0.6 is 0 Å². The van der Waals surface area contributed by atoms with Crippen molar-refractivity contribution in [1.82, 2.24) is 0 Å². The fourth-order valence-electron chi connectivity index (χ4n) is 6.82. The molecule has 0 radical (unpaired) electrons. The maximum absolute atomic E-state index is 10.3. The first-order chi connectivity index (χ1) is 14.8. The minimum atomic E-state index is -0.621. The van der Waals surface area contributed by atoms with Crippen molar-refractivity contribution in [2.75, 3.05) is 0 Å². The Morgan fingerprint density at radius 3 is 2.65 bits per heavy atom. The number of hydrogen-bond acceptors (Lipinski definition) is 3. The molecule has 31 heavy (non-hydrogen) atoms.